The van der Waals surface area contributed by atoms with E-state index in [1.54, 1.807) is 16.4 Å². The second kappa shape index (κ2) is 8.76. The summed E-state index contributed by atoms with van der Waals surface area (Å²) in [6, 6.07) is 7.41. The number of aryl methyl sites for hydroxylation is 1. The summed E-state index contributed by atoms with van der Waals surface area (Å²) in [4.78, 5) is 2.70. The number of sulfonamides is 1. The summed E-state index contributed by atoms with van der Waals surface area (Å²) in [5.41, 5.74) is 3.60. The third-order valence-corrected chi connectivity index (χ3v) is 7.84. The van der Waals surface area contributed by atoms with E-state index in [1.165, 1.54) is 16.8 Å². The maximum absolute atomic E-state index is 13.0. The van der Waals surface area contributed by atoms with Crippen molar-refractivity contribution in [1.29, 1.82) is 0 Å². The fraction of sp³-hybridized carbons (Fsp3) is 0.571. The predicted molar refractivity (Wildman–Crippen MR) is 112 cm³/mol. The van der Waals surface area contributed by atoms with Crippen molar-refractivity contribution in [3.63, 3.8) is 0 Å². The van der Waals surface area contributed by atoms with Crippen molar-refractivity contribution in [3.05, 3.63) is 47.3 Å². The van der Waals surface area contributed by atoms with E-state index in [0.29, 0.717) is 23.9 Å². The molecule has 0 N–H and O–H groups in total. The molecule has 28 heavy (non-hydrogen) atoms. The monoisotopic (exact) mass is 404 g/mol. The highest BCUT2D eigenvalue weighted by Gasteiger charge is 2.28. The number of piperazine rings is 1. The van der Waals surface area contributed by atoms with Crippen LogP contribution in [0.2, 0.25) is 0 Å². The Morgan fingerprint density at radius 3 is 2.25 bits per heavy atom. The van der Waals surface area contributed by atoms with E-state index in [-0.39, 0.29) is 0 Å². The smallest absolute Gasteiger partial charge is 0.243 e. The molecule has 2 aromatic rings. The first-order chi connectivity index (χ1) is 13.4. The maximum atomic E-state index is 13.0. The van der Waals surface area contributed by atoms with Gasteiger partial charge in [0.2, 0.25) is 10.0 Å². The fourth-order valence-corrected chi connectivity index (χ4v) is 5.10. The second-order valence-corrected chi connectivity index (χ2v) is 9.57. The highest BCUT2D eigenvalue weighted by molar-refractivity contribution is 7.89. The molecule has 1 aliphatic heterocycles. The Labute approximate surface area is 169 Å². The average Bonchev–Trinajstić information content (AvgIpc) is 3.07. The van der Waals surface area contributed by atoms with Crippen LogP contribution in [0.3, 0.4) is 0 Å². The normalized spacial score (nSPS) is 17.7. The molecule has 0 bridgehead atoms. The molecule has 7 heteroatoms. The van der Waals surface area contributed by atoms with E-state index < -0.39 is 10.0 Å². The van der Waals surface area contributed by atoms with Crippen LogP contribution in [0.15, 0.2) is 35.4 Å². The van der Waals surface area contributed by atoms with Crippen molar-refractivity contribution in [2.24, 2.45) is 0 Å². The molecule has 0 aliphatic carbocycles. The molecule has 0 radical (unpaired) electrons. The van der Waals surface area contributed by atoms with Crippen molar-refractivity contribution in [2.75, 3.05) is 26.2 Å². The molecule has 0 amide bonds. The van der Waals surface area contributed by atoms with Gasteiger partial charge in [-0.1, -0.05) is 26.0 Å². The minimum absolute atomic E-state index is 0.396. The third kappa shape index (κ3) is 4.31. The van der Waals surface area contributed by atoms with Crippen molar-refractivity contribution in [1.82, 2.24) is 19.0 Å². The molecule has 1 aromatic carbocycles. The Morgan fingerprint density at radius 1 is 1.07 bits per heavy atom. The molecule has 3 rings (SSSR count). The van der Waals surface area contributed by atoms with Crippen LogP contribution in [-0.4, -0.2) is 53.6 Å². The van der Waals surface area contributed by atoms with Gasteiger partial charge in [-0.05, 0) is 43.9 Å². The first-order valence-electron chi connectivity index (χ1n) is 10.2. The van der Waals surface area contributed by atoms with E-state index in [2.05, 4.69) is 37.7 Å². The van der Waals surface area contributed by atoms with Crippen molar-refractivity contribution >= 4 is 10.0 Å². The minimum Gasteiger partial charge on any atom is -0.296 e. The highest BCUT2D eigenvalue weighted by Crippen LogP contribution is 2.23. The van der Waals surface area contributed by atoms with Crippen molar-refractivity contribution in [2.45, 2.75) is 58.0 Å². The Hall–Kier alpha value is -1.70. The zero-order valence-electron chi connectivity index (χ0n) is 17.4. The van der Waals surface area contributed by atoms with Crippen molar-refractivity contribution in [3.8, 4) is 0 Å². The Morgan fingerprint density at radius 2 is 1.71 bits per heavy atom. The van der Waals surface area contributed by atoms with Gasteiger partial charge in [0.25, 0.3) is 0 Å². The summed E-state index contributed by atoms with van der Waals surface area (Å²) >= 11 is 0. The van der Waals surface area contributed by atoms with Gasteiger partial charge in [0.15, 0.2) is 0 Å². The molecule has 1 atom stereocenters. The highest BCUT2D eigenvalue weighted by atomic mass is 32.2. The van der Waals surface area contributed by atoms with Crippen LogP contribution >= 0.6 is 0 Å². The molecule has 154 valence electrons. The van der Waals surface area contributed by atoms with Gasteiger partial charge in [0, 0.05) is 50.5 Å². The zero-order valence-corrected chi connectivity index (χ0v) is 18.2. The van der Waals surface area contributed by atoms with Crippen LogP contribution in [0.5, 0.6) is 0 Å². The van der Waals surface area contributed by atoms with Gasteiger partial charge in [-0.15, -0.1) is 0 Å². The lowest BCUT2D eigenvalue weighted by molar-refractivity contribution is 0.181. The third-order valence-electron chi connectivity index (χ3n) is 5.93. The summed E-state index contributed by atoms with van der Waals surface area (Å²) in [7, 11) is -3.43. The van der Waals surface area contributed by atoms with Crippen LogP contribution in [0.25, 0.3) is 0 Å². The minimum atomic E-state index is -3.43. The van der Waals surface area contributed by atoms with Crippen LogP contribution in [-0.2, 0) is 23.1 Å². The van der Waals surface area contributed by atoms with Crippen LogP contribution in [0.4, 0.5) is 0 Å². The summed E-state index contributed by atoms with van der Waals surface area (Å²) in [6.07, 6.45) is 2.98. The second-order valence-electron chi connectivity index (χ2n) is 7.63. The van der Waals surface area contributed by atoms with E-state index in [4.69, 9.17) is 0 Å². The molecule has 1 aromatic heterocycles. The van der Waals surface area contributed by atoms with E-state index in [1.807, 2.05) is 23.0 Å². The van der Waals surface area contributed by atoms with Gasteiger partial charge >= 0.3 is 0 Å². The SMILES string of the molecule is CCC(C)c1ccc(S(=O)(=O)N2CCN(Cc3cnn(CC)c3C)CC2)cc1. The number of nitrogens with zero attached hydrogens (tertiary/aromatic N) is 4. The van der Waals surface area contributed by atoms with Crippen LogP contribution in [0.1, 0.15) is 49.9 Å². The van der Waals surface area contributed by atoms with Gasteiger partial charge in [-0.2, -0.15) is 9.40 Å². The molecule has 2 heterocycles. The van der Waals surface area contributed by atoms with Gasteiger partial charge < -0.3 is 0 Å². The molecule has 6 nitrogen and oxygen atoms in total. The quantitative estimate of drug-likeness (QED) is 0.711. The Balaban J connectivity index is 1.62. The van der Waals surface area contributed by atoms with Crippen molar-refractivity contribution < 1.29 is 8.42 Å². The molecule has 1 saturated heterocycles. The van der Waals surface area contributed by atoms with Gasteiger partial charge in [-0.3, -0.25) is 9.58 Å². The Kier molecular flexibility index (Phi) is 6.58. The number of rotatable bonds is 7. The first kappa shape index (κ1) is 21.0. The average molecular weight is 405 g/mol. The van der Waals surface area contributed by atoms with E-state index in [0.717, 1.165) is 32.6 Å². The van der Waals surface area contributed by atoms with Gasteiger partial charge in [0.05, 0.1) is 11.1 Å². The largest absolute Gasteiger partial charge is 0.296 e. The van der Waals surface area contributed by atoms with E-state index >= 15 is 0 Å². The lowest BCUT2D eigenvalue weighted by atomic mass is 9.99. The molecule has 1 aliphatic rings. The summed E-state index contributed by atoms with van der Waals surface area (Å²) in [5, 5.41) is 4.40. The van der Waals surface area contributed by atoms with Crippen LogP contribution in [0, 0.1) is 6.92 Å². The number of aromatic nitrogens is 2. The molecule has 1 fully saturated rings. The number of benzene rings is 1. The molecule has 0 saturated carbocycles. The molecular weight excluding hydrogens is 372 g/mol. The van der Waals surface area contributed by atoms with E-state index in [9.17, 15) is 8.42 Å². The van der Waals surface area contributed by atoms with Gasteiger partial charge in [-0.25, -0.2) is 8.42 Å². The molecule has 1 unspecified atom stereocenters. The standard InChI is InChI=1S/C21H32N4O2S/c1-5-17(3)19-7-9-21(10-8-19)28(26,27)24-13-11-23(12-14-24)16-20-15-22-25(6-2)18(20)4/h7-10,15,17H,5-6,11-14,16H2,1-4H3. The summed E-state index contributed by atoms with van der Waals surface area (Å²) in [6.45, 7) is 12.7. The van der Waals surface area contributed by atoms with Gasteiger partial charge in [0.1, 0.15) is 0 Å². The maximum Gasteiger partial charge on any atom is 0.243 e. The first-order valence-corrected chi connectivity index (χ1v) is 11.6. The number of hydrogen-bond acceptors (Lipinski definition) is 4. The summed E-state index contributed by atoms with van der Waals surface area (Å²) in [5.74, 6) is 0.445. The predicted octanol–water partition coefficient (Wildman–Crippen LogP) is 3.23. The fourth-order valence-electron chi connectivity index (χ4n) is 3.68. The Bertz CT molecular complexity index is 882. The molecule has 0 spiro atoms. The number of hydrogen-bond donors (Lipinski definition) is 0. The van der Waals surface area contributed by atoms with Crippen LogP contribution < -0.4 is 0 Å². The lowest BCUT2D eigenvalue weighted by Crippen LogP contribution is -2.48. The lowest BCUT2D eigenvalue weighted by Gasteiger charge is -2.34. The topological polar surface area (TPSA) is 58.4 Å². The summed E-state index contributed by atoms with van der Waals surface area (Å²) < 4.78 is 29.6. The zero-order chi connectivity index (χ0) is 20.3. The molecular formula is C21H32N4O2S.